The van der Waals surface area contributed by atoms with Crippen molar-refractivity contribution in [2.75, 3.05) is 6.61 Å². The Hall–Kier alpha value is -4.50. The van der Waals surface area contributed by atoms with Crippen molar-refractivity contribution in [1.82, 2.24) is 9.13 Å². The summed E-state index contributed by atoms with van der Waals surface area (Å²) in [5, 5.41) is 0. The molecule has 9 heteroatoms. The third kappa shape index (κ3) is 5.32. The number of allylic oxidation sites excluding steroid dienone is 1. The summed E-state index contributed by atoms with van der Waals surface area (Å²) in [4.78, 5) is 43.5. The van der Waals surface area contributed by atoms with Gasteiger partial charge in [0.15, 0.2) is 4.80 Å². The molecular formula is C32H31N3O5S. The van der Waals surface area contributed by atoms with Crippen molar-refractivity contribution >= 4 is 29.4 Å². The molecule has 0 saturated carbocycles. The number of fused-ring (bicyclic) bond motifs is 1. The lowest BCUT2D eigenvalue weighted by Crippen LogP contribution is -2.39. The van der Waals surface area contributed by atoms with E-state index in [9.17, 15) is 14.4 Å². The molecule has 1 aliphatic heterocycles. The summed E-state index contributed by atoms with van der Waals surface area (Å²) < 4.78 is 14.7. The first-order chi connectivity index (χ1) is 19.6. The lowest BCUT2D eigenvalue weighted by atomic mass is 9.95. The van der Waals surface area contributed by atoms with Crippen molar-refractivity contribution in [3.63, 3.8) is 0 Å². The van der Waals surface area contributed by atoms with Crippen LogP contribution in [0, 0.1) is 20.8 Å². The maximum atomic E-state index is 14.0. The highest BCUT2D eigenvalue weighted by Gasteiger charge is 2.33. The molecule has 5 rings (SSSR count). The van der Waals surface area contributed by atoms with E-state index in [0.29, 0.717) is 26.4 Å². The lowest BCUT2D eigenvalue weighted by Gasteiger charge is -2.24. The number of hydrogen-bond acceptors (Lipinski definition) is 7. The molecule has 41 heavy (non-hydrogen) atoms. The van der Waals surface area contributed by atoms with E-state index < -0.39 is 12.0 Å². The van der Waals surface area contributed by atoms with E-state index in [1.807, 2.05) is 69.3 Å². The third-order valence-electron chi connectivity index (χ3n) is 7.02. The monoisotopic (exact) mass is 569 g/mol. The molecule has 0 amide bonds. The fourth-order valence-corrected chi connectivity index (χ4v) is 6.19. The van der Waals surface area contributed by atoms with E-state index in [1.54, 1.807) is 30.5 Å². The lowest BCUT2D eigenvalue weighted by molar-refractivity contribution is -0.139. The Bertz CT molecular complexity index is 1870. The summed E-state index contributed by atoms with van der Waals surface area (Å²) in [7, 11) is 0. The van der Waals surface area contributed by atoms with Gasteiger partial charge >= 0.3 is 11.9 Å². The van der Waals surface area contributed by atoms with Crippen LogP contribution in [0.1, 0.15) is 54.9 Å². The van der Waals surface area contributed by atoms with E-state index in [0.717, 1.165) is 33.8 Å². The number of rotatable bonds is 6. The van der Waals surface area contributed by atoms with Crippen LogP contribution >= 0.6 is 11.3 Å². The maximum absolute atomic E-state index is 14.0. The summed E-state index contributed by atoms with van der Waals surface area (Å²) in [6.07, 6.45) is 1.88. The van der Waals surface area contributed by atoms with Gasteiger partial charge in [-0.25, -0.2) is 9.79 Å². The fourth-order valence-electron chi connectivity index (χ4n) is 5.16. The van der Waals surface area contributed by atoms with E-state index in [1.165, 1.54) is 18.3 Å². The van der Waals surface area contributed by atoms with Crippen LogP contribution < -0.4 is 19.6 Å². The molecule has 0 fully saturated rings. The van der Waals surface area contributed by atoms with E-state index in [-0.39, 0.29) is 18.1 Å². The van der Waals surface area contributed by atoms with Gasteiger partial charge in [0.25, 0.3) is 5.56 Å². The zero-order chi connectivity index (χ0) is 29.4. The molecule has 1 atom stereocenters. The zero-order valence-corrected chi connectivity index (χ0v) is 24.7. The Morgan fingerprint density at radius 3 is 2.34 bits per heavy atom. The summed E-state index contributed by atoms with van der Waals surface area (Å²) in [5.41, 5.74) is 6.32. The standard InChI is InChI=1S/C32H31N3O5S/c1-7-39-31(38)28-20(4)33-32-35(29(28)23-10-8-18(2)9-11-23)30(37)27(41-32)17-24-16-19(3)34(21(24)5)25-12-14-26(15-13-25)40-22(6)36/h8-17,29H,7H2,1-6H3/b27-17+/t29-/m0/s1. The van der Waals surface area contributed by atoms with E-state index >= 15 is 0 Å². The fraction of sp³-hybridized carbons (Fsp3) is 0.250. The van der Waals surface area contributed by atoms with Crippen molar-refractivity contribution in [3.05, 3.63) is 114 Å². The van der Waals surface area contributed by atoms with Crippen molar-refractivity contribution < 1.29 is 19.1 Å². The summed E-state index contributed by atoms with van der Waals surface area (Å²) >= 11 is 1.30. The minimum Gasteiger partial charge on any atom is -0.463 e. The second kappa shape index (κ2) is 11.2. The van der Waals surface area contributed by atoms with Gasteiger partial charge in [0.1, 0.15) is 5.75 Å². The smallest absolute Gasteiger partial charge is 0.338 e. The van der Waals surface area contributed by atoms with Gasteiger partial charge in [-0.15, -0.1) is 0 Å². The van der Waals surface area contributed by atoms with Crippen molar-refractivity contribution in [2.45, 2.75) is 47.6 Å². The van der Waals surface area contributed by atoms with Gasteiger partial charge in [0.2, 0.25) is 0 Å². The molecule has 1 aliphatic rings. The molecule has 8 nitrogen and oxygen atoms in total. The zero-order valence-electron chi connectivity index (χ0n) is 23.8. The first kappa shape index (κ1) is 28.0. The predicted molar refractivity (Wildman–Crippen MR) is 158 cm³/mol. The number of carbonyl (C=O) groups is 2. The maximum Gasteiger partial charge on any atom is 0.338 e. The molecule has 2 aromatic carbocycles. The minimum absolute atomic E-state index is 0.218. The van der Waals surface area contributed by atoms with Crippen LogP contribution in [0.2, 0.25) is 0 Å². The van der Waals surface area contributed by atoms with Gasteiger partial charge in [-0.3, -0.25) is 14.2 Å². The Labute approximate surface area is 241 Å². The van der Waals surface area contributed by atoms with Crippen LogP contribution in [0.15, 0.2) is 75.7 Å². The second-order valence-corrected chi connectivity index (χ2v) is 11.0. The highest BCUT2D eigenvalue weighted by Crippen LogP contribution is 2.31. The molecular weight excluding hydrogens is 538 g/mol. The van der Waals surface area contributed by atoms with Crippen molar-refractivity contribution in [1.29, 1.82) is 0 Å². The van der Waals surface area contributed by atoms with Crippen LogP contribution in [0.25, 0.3) is 11.8 Å². The Morgan fingerprint density at radius 1 is 1.02 bits per heavy atom. The van der Waals surface area contributed by atoms with Gasteiger partial charge in [-0.2, -0.15) is 0 Å². The Balaban J connectivity index is 1.62. The molecule has 3 heterocycles. The number of benzene rings is 2. The number of aromatic nitrogens is 2. The van der Waals surface area contributed by atoms with Crippen LogP contribution in [0.4, 0.5) is 0 Å². The topological polar surface area (TPSA) is 91.9 Å². The van der Waals surface area contributed by atoms with Crippen LogP contribution in [-0.2, 0) is 14.3 Å². The number of aryl methyl sites for hydroxylation is 2. The average molecular weight is 570 g/mol. The highest BCUT2D eigenvalue weighted by atomic mass is 32.1. The van der Waals surface area contributed by atoms with Crippen molar-refractivity contribution in [3.8, 4) is 11.4 Å². The summed E-state index contributed by atoms with van der Waals surface area (Å²) in [6.45, 7) is 11.1. The number of carbonyl (C=O) groups excluding carboxylic acids is 2. The van der Waals surface area contributed by atoms with Gasteiger partial charge in [0, 0.05) is 24.0 Å². The van der Waals surface area contributed by atoms with Gasteiger partial charge in [0.05, 0.1) is 28.5 Å². The molecule has 0 unspecified atom stereocenters. The predicted octanol–water partition coefficient (Wildman–Crippen LogP) is 4.44. The molecule has 210 valence electrons. The van der Waals surface area contributed by atoms with E-state index in [2.05, 4.69) is 9.56 Å². The molecule has 0 radical (unpaired) electrons. The minimum atomic E-state index is -0.642. The quantitative estimate of drug-likeness (QED) is 0.253. The largest absolute Gasteiger partial charge is 0.463 e. The molecule has 0 saturated heterocycles. The molecule has 2 aromatic heterocycles. The van der Waals surface area contributed by atoms with Crippen molar-refractivity contribution in [2.24, 2.45) is 4.99 Å². The van der Waals surface area contributed by atoms with Gasteiger partial charge < -0.3 is 14.0 Å². The number of esters is 2. The number of nitrogens with zero attached hydrogens (tertiary/aromatic N) is 3. The molecule has 4 aromatic rings. The highest BCUT2D eigenvalue weighted by molar-refractivity contribution is 7.07. The number of hydrogen-bond donors (Lipinski definition) is 0. The van der Waals surface area contributed by atoms with Crippen LogP contribution in [0.3, 0.4) is 0 Å². The van der Waals surface area contributed by atoms with Gasteiger partial charge in [-0.1, -0.05) is 41.2 Å². The Kier molecular flexibility index (Phi) is 7.64. The molecule has 0 spiro atoms. The normalized spacial score (nSPS) is 15.0. The number of thiazole rings is 1. The number of ether oxygens (including phenoxy) is 2. The molecule has 0 aliphatic carbocycles. The first-order valence-corrected chi connectivity index (χ1v) is 14.1. The molecule has 0 bridgehead atoms. The first-order valence-electron chi connectivity index (χ1n) is 13.3. The second-order valence-electron chi connectivity index (χ2n) is 9.96. The molecule has 0 N–H and O–H groups in total. The van der Waals surface area contributed by atoms with E-state index in [4.69, 9.17) is 9.47 Å². The summed E-state index contributed by atoms with van der Waals surface area (Å²) in [6, 6.07) is 16.5. The average Bonchev–Trinajstić information content (AvgIpc) is 3.38. The summed E-state index contributed by atoms with van der Waals surface area (Å²) in [5.74, 6) is -0.369. The Morgan fingerprint density at radius 2 is 1.71 bits per heavy atom. The SMILES string of the molecule is CCOC(=O)C1=C(C)N=c2s/c(=C/c3cc(C)n(-c4ccc(OC(C)=O)cc4)c3C)c(=O)n2[C@H]1c1ccc(C)cc1. The van der Waals surface area contributed by atoms with Crippen LogP contribution in [-0.4, -0.2) is 27.7 Å². The van der Waals surface area contributed by atoms with Gasteiger partial charge in [-0.05, 0) is 82.2 Å². The van der Waals surface area contributed by atoms with Crippen LogP contribution in [0.5, 0.6) is 5.75 Å². The third-order valence-corrected chi connectivity index (χ3v) is 8.01.